The summed E-state index contributed by atoms with van der Waals surface area (Å²) in [5, 5.41) is 5.44. The van der Waals surface area contributed by atoms with Gasteiger partial charge in [-0.15, -0.1) is 23.7 Å². The first kappa shape index (κ1) is 16.1. The Balaban J connectivity index is 0.00000176. The summed E-state index contributed by atoms with van der Waals surface area (Å²) in [6.45, 7) is 0. The van der Waals surface area contributed by atoms with Gasteiger partial charge in [0.15, 0.2) is 16.7 Å². The number of nitrogens with zero attached hydrogens (tertiary/aromatic N) is 2. The molecule has 0 fully saturated rings. The summed E-state index contributed by atoms with van der Waals surface area (Å²) in [6.07, 6.45) is 2.92. The Morgan fingerprint density at radius 2 is 2.18 bits per heavy atom. The van der Waals surface area contributed by atoms with E-state index in [4.69, 9.17) is 4.74 Å². The molecule has 0 saturated heterocycles. The van der Waals surface area contributed by atoms with Gasteiger partial charge in [0, 0.05) is 23.2 Å². The van der Waals surface area contributed by atoms with E-state index in [1.807, 2.05) is 0 Å². The molecule has 1 aromatic carbocycles. The maximum absolute atomic E-state index is 14.0. The Labute approximate surface area is 135 Å². The Hall–Kier alpha value is -2.25. The molecule has 2 heterocycles. The number of carbonyl (C=O) groups excluding carboxylic acids is 1. The SMILES string of the molecule is COc1ccc2cc(C(=O)Nc3nccs3)cnc2c1F.Cl. The lowest BCUT2D eigenvalue weighted by atomic mass is 10.1. The molecule has 0 unspecified atom stereocenters. The lowest BCUT2D eigenvalue weighted by Crippen LogP contribution is -2.12. The lowest BCUT2D eigenvalue weighted by molar-refractivity contribution is 0.102. The minimum atomic E-state index is -0.540. The van der Waals surface area contributed by atoms with Crippen molar-refractivity contribution >= 4 is 45.7 Å². The molecule has 0 aliphatic rings. The van der Waals surface area contributed by atoms with Crippen molar-refractivity contribution < 1.29 is 13.9 Å². The molecule has 3 rings (SSSR count). The quantitative estimate of drug-likeness (QED) is 0.793. The van der Waals surface area contributed by atoms with Crippen LogP contribution in [0, 0.1) is 5.82 Å². The Bertz CT molecular complexity index is 811. The number of halogens is 2. The molecule has 0 spiro atoms. The molecule has 3 aromatic rings. The second-order valence-electron chi connectivity index (χ2n) is 4.17. The third-order valence-electron chi connectivity index (χ3n) is 2.89. The number of rotatable bonds is 3. The van der Waals surface area contributed by atoms with Crippen LogP contribution in [0.2, 0.25) is 0 Å². The van der Waals surface area contributed by atoms with Crippen LogP contribution in [-0.4, -0.2) is 23.0 Å². The van der Waals surface area contributed by atoms with E-state index in [1.54, 1.807) is 23.7 Å². The van der Waals surface area contributed by atoms with Crippen LogP contribution in [0.25, 0.3) is 10.9 Å². The highest BCUT2D eigenvalue weighted by Crippen LogP contribution is 2.25. The summed E-state index contributed by atoms with van der Waals surface area (Å²) in [7, 11) is 1.39. The fraction of sp³-hybridized carbons (Fsp3) is 0.0714. The van der Waals surface area contributed by atoms with Crippen LogP contribution in [0.4, 0.5) is 9.52 Å². The van der Waals surface area contributed by atoms with Crippen molar-refractivity contribution in [1.82, 2.24) is 9.97 Å². The van der Waals surface area contributed by atoms with Crippen LogP contribution in [-0.2, 0) is 0 Å². The molecule has 114 valence electrons. The predicted molar refractivity (Wildman–Crippen MR) is 85.6 cm³/mol. The second kappa shape index (κ2) is 6.67. The van der Waals surface area contributed by atoms with Crippen molar-refractivity contribution in [2.24, 2.45) is 0 Å². The van der Waals surface area contributed by atoms with E-state index in [-0.39, 0.29) is 29.6 Å². The number of fused-ring (bicyclic) bond motifs is 1. The third kappa shape index (κ3) is 3.00. The van der Waals surface area contributed by atoms with Crippen LogP contribution in [0.3, 0.4) is 0 Å². The molecule has 8 heteroatoms. The number of hydrogen-bond acceptors (Lipinski definition) is 5. The Kier molecular flexibility index (Phi) is 4.89. The fourth-order valence-electron chi connectivity index (χ4n) is 1.88. The van der Waals surface area contributed by atoms with E-state index in [2.05, 4.69) is 15.3 Å². The number of nitrogens with one attached hydrogen (secondary N) is 1. The standard InChI is InChI=1S/C14H10FN3O2S.ClH/c1-20-10-3-2-8-6-9(7-17-12(8)11(10)15)13(19)18-14-16-4-5-21-14;/h2-7H,1H3,(H,16,18,19);1H. The molecule has 0 aliphatic carbocycles. The van der Waals surface area contributed by atoms with Gasteiger partial charge in [-0.2, -0.15) is 0 Å². The summed E-state index contributed by atoms with van der Waals surface area (Å²) < 4.78 is 18.9. The number of amides is 1. The van der Waals surface area contributed by atoms with Crippen LogP contribution in [0.15, 0.2) is 36.0 Å². The Morgan fingerprint density at radius 3 is 2.86 bits per heavy atom. The van der Waals surface area contributed by atoms with E-state index in [0.717, 1.165) is 0 Å². The average Bonchev–Trinajstić information content (AvgIpc) is 3.00. The molecule has 2 aromatic heterocycles. The second-order valence-corrected chi connectivity index (χ2v) is 5.06. The number of benzene rings is 1. The van der Waals surface area contributed by atoms with E-state index < -0.39 is 5.82 Å². The van der Waals surface area contributed by atoms with Gasteiger partial charge in [-0.25, -0.2) is 9.37 Å². The molecule has 22 heavy (non-hydrogen) atoms. The van der Waals surface area contributed by atoms with E-state index >= 15 is 0 Å². The molecule has 0 atom stereocenters. The van der Waals surface area contributed by atoms with Gasteiger partial charge in [0.25, 0.3) is 5.91 Å². The normalized spacial score (nSPS) is 10.1. The largest absolute Gasteiger partial charge is 0.494 e. The maximum atomic E-state index is 14.0. The monoisotopic (exact) mass is 339 g/mol. The molecule has 0 saturated carbocycles. The van der Waals surface area contributed by atoms with Crippen molar-refractivity contribution in [3.05, 3.63) is 47.4 Å². The first-order valence-corrected chi connectivity index (χ1v) is 6.90. The molecular formula is C14H11ClFN3O2S. The number of methoxy groups -OCH3 is 1. The molecular weight excluding hydrogens is 329 g/mol. The summed E-state index contributed by atoms with van der Waals surface area (Å²) >= 11 is 1.32. The topological polar surface area (TPSA) is 64.1 Å². The van der Waals surface area contributed by atoms with E-state index in [1.165, 1.54) is 30.7 Å². The van der Waals surface area contributed by atoms with Crippen molar-refractivity contribution in [3.8, 4) is 5.75 Å². The molecule has 5 nitrogen and oxygen atoms in total. The van der Waals surface area contributed by atoms with Crippen LogP contribution >= 0.6 is 23.7 Å². The molecule has 1 N–H and O–H groups in total. The first-order chi connectivity index (χ1) is 10.2. The fourth-order valence-corrected chi connectivity index (χ4v) is 2.41. The minimum absolute atomic E-state index is 0. The third-order valence-corrected chi connectivity index (χ3v) is 3.58. The van der Waals surface area contributed by atoms with Gasteiger partial charge in [-0.1, -0.05) is 0 Å². The summed E-state index contributed by atoms with van der Waals surface area (Å²) in [4.78, 5) is 20.0. The van der Waals surface area contributed by atoms with E-state index in [9.17, 15) is 9.18 Å². The highest BCUT2D eigenvalue weighted by Gasteiger charge is 2.13. The van der Waals surface area contributed by atoms with Gasteiger partial charge >= 0.3 is 0 Å². The van der Waals surface area contributed by atoms with Crippen LogP contribution in [0.1, 0.15) is 10.4 Å². The van der Waals surface area contributed by atoms with Gasteiger partial charge in [-0.05, 0) is 18.2 Å². The number of aromatic nitrogens is 2. The van der Waals surface area contributed by atoms with Crippen molar-refractivity contribution in [1.29, 1.82) is 0 Å². The summed E-state index contributed by atoms with van der Waals surface area (Å²) in [5.74, 6) is -0.757. The molecule has 0 bridgehead atoms. The Morgan fingerprint density at radius 1 is 1.36 bits per heavy atom. The van der Waals surface area contributed by atoms with Crippen LogP contribution < -0.4 is 10.1 Å². The first-order valence-electron chi connectivity index (χ1n) is 6.02. The van der Waals surface area contributed by atoms with Crippen molar-refractivity contribution in [2.45, 2.75) is 0 Å². The van der Waals surface area contributed by atoms with E-state index in [0.29, 0.717) is 16.1 Å². The number of carbonyl (C=O) groups is 1. The zero-order chi connectivity index (χ0) is 14.8. The number of pyridine rings is 1. The van der Waals surface area contributed by atoms with Crippen LogP contribution in [0.5, 0.6) is 5.75 Å². The van der Waals surface area contributed by atoms with Gasteiger partial charge in [0.2, 0.25) is 0 Å². The van der Waals surface area contributed by atoms with Gasteiger partial charge in [0.05, 0.1) is 12.7 Å². The number of anilines is 1. The zero-order valence-electron chi connectivity index (χ0n) is 11.4. The number of ether oxygens (including phenoxy) is 1. The minimum Gasteiger partial charge on any atom is -0.494 e. The lowest BCUT2D eigenvalue weighted by Gasteiger charge is -2.06. The number of hydrogen-bond donors (Lipinski definition) is 1. The van der Waals surface area contributed by atoms with Crippen molar-refractivity contribution in [3.63, 3.8) is 0 Å². The summed E-state index contributed by atoms with van der Waals surface area (Å²) in [6, 6.07) is 4.74. The average molecular weight is 340 g/mol. The van der Waals surface area contributed by atoms with Gasteiger partial charge < -0.3 is 4.74 Å². The highest BCUT2D eigenvalue weighted by molar-refractivity contribution is 7.13. The zero-order valence-corrected chi connectivity index (χ0v) is 13.0. The van der Waals surface area contributed by atoms with Gasteiger partial charge in [0.1, 0.15) is 5.52 Å². The maximum Gasteiger partial charge on any atom is 0.259 e. The predicted octanol–water partition coefficient (Wildman–Crippen LogP) is 3.51. The summed E-state index contributed by atoms with van der Waals surface area (Å²) in [5.41, 5.74) is 0.502. The smallest absolute Gasteiger partial charge is 0.259 e. The number of thiazole rings is 1. The highest BCUT2D eigenvalue weighted by atomic mass is 35.5. The molecule has 0 radical (unpaired) electrons. The molecule has 1 amide bonds. The van der Waals surface area contributed by atoms with Gasteiger partial charge in [-0.3, -0.25) is 15.1 Å². The van der Waals surface area contributed by atoms with Crippen molar-refractivity contribution in [2.75, 3.05) is 12.4 Å². The molecule has 0 aliphatic heterocycles.